The van der Waals surface area contributed by atoms with Crippen molar-refractivity contribution in [2.75, 3.05) is 19.6 Å². The first kappa shape index (κ1) is 27.3. The van der Waals surface area contributed by atoms with E-state index in [1.165, 1.54) is 9.80 Å². The number of carbonyl (C=O) groups excluding carboxylic acids is 2. The molecular formula is C29H22F6N2O3. The van der Waals surface area contributed by atoms with E-state index in [9.17, 15) is 35.9 Å². The number of nitrogens with zero attached hydrogens (tertiary/aromatic N) is 2. The van der Waals surface area contributed by atoms with Crippen molar-refractivity contribution in [2.24, 2.45) is 0 Å². The van der Waals surface area contributed by atoms with Gasteiger partial charge in [-0.15, -0.1) is 0 Å². The molecule has 5 rings (SSSR count). The molecule has 40 heavy (non-hydrogen) atoms. The van der Waals surface area contributed by atoms with Crippen LogP contribution in [-0.4, -0.2) is 47.3 Å². The Morgan fingerprint density at radius 3 is 2.02 bits per heavy atom. The van der Waals surface area contributed by atoms with Gasteiger partial charge in [-0.2, -0.15) is 26.3 Å². The van der Waals surface area contributed by atoms with E-state index in [2.05, 4.69) is 0 Å². The minimum atomic E-state index is -5.09. The fourth-order valence-corrected chi connectivity index (χ4v) is 4.86. The molecule has 0 N–H and O–H groups in total. The fourth-order valence-electron chi connectivity index (χ4n) is 4.86. The first-order chi connectivity index (χ1) is 18.9. The average molecular weight is 560 g/mol. The maximum absolute atomic E-state index is 13.5. The van der Waals surface area contributed by atoms with Gasteiger partial charge in [-0.3, -0.25) is 9.59 Å². The van der Waals surface area contributed by atoms with Crippen molar-refractivity contribution in [1.29, 1.82) is 0 Å². The van der Waals surface area contributed by atoms with Crippen LogP contribution in [0, 0.1) is 0 Å². The Hall–Kier alpha value is -4.28. The molecule has 0 aliphatic carbocycles. The van der Waals surface area contributed by atoms with E-state index in [1.54, 1.807) is 60.7 Å². The number of hydrogen-bond acceptors (Lipinski definition) is 3. The number of hydrogen-bond donors (Lipinski definition) is 0. The summed E-state index contributed by atoms with van der Waals surface area (Å²) in [6, 6.07) is 17.7. The molecule has 5 nitrogen and oxygen atoms in total. The molecule has 1 atom stereocenters. The second kappa shape index (κ2) is 10.4. The van der Waals surface area contributed by atoms with Crippen LogP contribution in [0.15, 0.2) is 83.3 Å². The maximum Gasteiger partial charge on any atom is 0.416 e. The Morgan fingerprint density at radius 2 is 1.40 bits per heavy atom. The normalized spacial score (nSPS) is 16.4. The Balaban J connectivity index is 1.46. The molecule has 11 heteroatoms. The Bertz CT molecular complexity index is 1480. The minimum Gasteiger partial charge on any atom is -0.451 e. The lowest BCUT2D eigenvalue weighted by Gasteiger charge is -2.41. The van der Waals surface area contributed by atoms with E-state index >= 15 is 0 Å². The van der Waals surface area contributed by atoms with Gasteiger partial charge in [0.2, 0.25) is 0 Å². The molecule has 4 aromatic rings. The lowest BCUT2D eigenvalue weighted by Crippen LogP contribution is -2.57. The molecule has 0 bridgehead atoms. The van der Waals surface area contributed by atoms with E-state index < -0.39 is 46.9 Å². The van der Waals surface area contributed by atoms with Gasteiger partial charge in [-0.05, 0) is 42.3 Å². The van der Waals surface area contributed by atoms with Gasteiger partial charge in [0.25, 0.3) is 11.8 Å². The number of rotatable bonds is 4. The number of amides is 2. The highest BCUT2D eigenvalue weighted by molar-refractivity contribution is 5.97. The van der Waals surface area contributed by atoms with Gasteiger partial charge in [-0.25, -0.2) is 0 Å². The van der Waals surface area contributed by atoms with Crippen LogP contribution < -0.4 is 0 Å². The molecule has 0 saturated carbocycles. The van der Waals surface area contributed by atoms with E-state index in [0.717, 1.165) is 10.9 Å². The highest BCUT2D eigenvalue weighted by atomic mass is 19.4. The van der Waals surface area contributed by atoms with Crippen molar-refractivity contribution >= 4 is 22.8 Å². The van der Waals surface area contributed by atoms with Crippen molar-refractivity contribution < 1.29 is 40.3 Å². The number of furan rings is 1. The van der Waals surface area contributed by atoms with E-state index in [4.69, 9.17) is 4.42 Å². The third kappa shape index (κ3) is 5.68. The molecule has 2 heterocycles. The zero-order valence-electron chi connectivity index (χ0n) is 20.8. The molecular weight excluding hydrogens is 538 g/mol. The van der Waals surface area contributed by atoms with Crippen molar-refractivity contribution in [2.45, 2.75) is 24.8 Å². The first-order valence-corrected chi connectivity index (χ1v) is 12.3. The number of benzene rings is 3. The SMILES string of the molecule is O=C(c1cc2ccccc2o1)N1CCN(C(=O)c2cc(C(F)(F)F)cc(C(F)(F)F)c2)[C@H](Cc2ccccc2)C1. The first-order valence-electron chi connectivity index (χ1n) is 12.3. The predicted octanol–water partition coefficient (Wildman–Crippen LogP) is 6.68. The van der Waals surface area contributed by atoms with Gasteiger partial charge in [-0.1, -0.05) is 48.5 Å². The molecule has 0 unspecified atom stereocenters. The lowest BCUT2D eigenvalue weighted by atomic mass is 9.99. The van der Waals surface area contributed by atoms with Crippen molar-refractivity contribution in [3.63, 3.8) is 0 Å². The summed E-state index contributed by atoms with van der Waals surface area (Å²) >= 11 is 0. The lowest BCUT2D eigenvalue weighted by molar-refractivity contribution is -0.143. The fraction of sp³-hybridized carbons (Fsp3) is 0.241. The standard InChI is InChI=1S/C29H22F6N2O3/c30-28(31,32)21-13-20(14-22(16-21)29(33,34)35)26(38)37-11-10-36(17-23(37)12-18-6-2-1-3-7-18)27(39)25-15-19-8-4-5-9-24(19)40-25/h1-9,13-16,23H,10-12,17H2/t23-/m1/s1. The molecule has 2 amide bonds. The van der Waals surface area contributed by atoms with Crippen molar-refractivity contribution in [3.05, 3.63) is 107 Å². The average Bonchev–Trinajstić information content (AvgIpc) is 3.36. The smallest absolute Gasteiger partial charge is 0.416 e. The Kier molecular flexibility index (Phi) is 7.07. The summed E-state index contributed by atoms with van der Waals surface area (Å²) in [5, 5.41) is 0.727. The molecule has 0 spiro atoms. The van der Waals surface area contributed by atoms with Gasteiger partial charge >= 0.3 is 12.4 Å². The van der Waals surface area contributed by atoms with Crippen LogP contribution in [0.4, 0.5) is 26.3 Å². The van der Waals surface area contributed by atoms with Crippen LogP contribution in [0.1, 0.15) is 37.6 Å². The van der Waals surface area contributed by atoms with Crippen LogP contribution >= 0.6 is 0 Å². The van der Waals surface area contributed by atoms with Gasteiger partial charge in [0.1, 0.15) is 5.58 Å². The summed E-state index contributed by atoms with van der Waals surface area (Å²) in [7, 11) is 0. The van der Waals surface area contributed by atoms with Gasteiger partial charge in [0, 0.05) is 30.6 Å². The van der Waals surface area contributed by atoms with Crippen LogP contribution in [-0.2, 0) is 18.8 Å². The molecule has 0 radical (unpaired) electrons. The van der Waals surface area contributed by atoms with Crippen LogP contribution in [0.2, 0.25) is 0 Å². The molecule has 1 aliphatic heterocycles. The van der Waals surface area contributed by atoms with Gasteiger partial charge in [0.15, 0.2) is 5.76 Å². The van der Waals surface area contributed by atoms with Crippen molar-refractivity contribution in [3.8, 4) is 0 Å². The van der Waals surface area contributed by atoms with Crippen molar-refractivity contribution in [1.82, 2.24) is 9.80 Å². The molecule has 1 fully saturated rings. The summed E-state index contributed by atoms with van der Waals surface area (Å²) in [6.45, 7) is -0.0838. The van der Waals surface area contributed by atoms with Crippen LogP contribution in [0.3, 0.4) is 0 Å². The van der Waals surface area contributed by atoms with Gasteiger partial charge in [0.05, 0.1) is 17.2 Å². The third-order valence-electron chi connectivity index (χ3n) is 6.82. The van der Waals surface area contributed by atoms with E-state index in [1.807, 2.05) is 0 Å². The highest BCUT2D eigenvalue weighted by Crippen LogP contribution is 2.37. The quantitative estimate of drug-likeness (QED) is 0.262. The highest BCUT2D eigenvalue weighted by Gasteiger charge is 2.39. The van der Waals surface area contributed by atoms with E-state index in [-0.39, 0.29) is 37.9 Å². The largest absolute Gasteiger partial charge is 0.451 e. The molecule has 1 aliphatic rings. The number of para-hydroxylation sites is 1. The number of carbonyl (C=O) groups is 2. The number of halogens is 6. The second-order valence-corrected chi connectivity index (χ2v) is 9.54. The summed E-state index contributed by atoms with van der Waals surface area (Å²) in [5.74, 6) is -1.32. The topological polar surface area (TPSA) is 53.8 Å². The zero-order chi connectivity index (χ0) is 28.7. The van der Waals surface area contributed by atoms with Crippen LogP contribution in [0.25, 0.3) is 11.0 Å². The summed E-state index contributed by atoms with van der Waals surface area (Å²) < 4.78 is 86.3. The number of fused-ring (bicyclic) bond motifs is 1. The Morgan fingerprint density at radius 1 is 0.775 bits per heavy atom. The minimum absolute atomic E-state index is 0.00159. The van der Waals surface area contributed by atoms with Crippen LogP contribution in [0.5, 0.6) is 0 Å². The monoisotopic (exact) mass is 560 g/mol. The molecule has 1 saturated heterocycles. The van der Waals surface area contributed by atoms with Gasteiger partial charge < -0.3 is 14.2 Å². The predicted molar refractivity (Wildman–Crippen MR) is 134 cm³/mol. The number of alkyl halides is 6. The summed E-state index contributed by atoms with van der Waals surface area (Å²) in [6.07, 6.45) is -9.95. The third-order valence-corrected chi connectivity index (χ3v) is 6.82. The Labute approximate surface area is 224 Å². The molecule has 1 aromatic heterocycles. The number of piperazine rings is 1. The molecule has 208 valence electrons. The zero-order valence-corrected chi connectivity index (χ0v) is 20.8. The second-order valence-electron chi connectivity index (χ2n) is 9.54. The summed E-state index contributed by atoms with van der Waals surface area (Å²) in [5.41, 5.74) is -2.56. The maximum atomic E-state index is 13.5. The summed E-state index contributed by atoms with van der Waals surface area (Å²) in [4.78, 5) is 29.5. The van der Waals surface area contributed by atoms with E-state index in [0.29, 0.717) is 17.7 Å². The molecule has 3 aromatic carbocycles.